The highest BCUT2D eigenvalue weighted by atomic mass is 35.5. The Labute approximate surface area is 157 Å². The number of amides is 2. The van der Waals surface area contributed by atoms with Gasteiger partial charge in [-0.25, -0.2) is 4.68 Å². The average Bonchev–Trinajstić information content (AvgIpc) is 3.06. The molecule has 2 heterocycles. The highest BCUT2D eigenvalue weighted by Crippen LogP contribution is 2.21. The van der Waals surface area contributed by atoms with Gasteiger partial charge in [0.25, 0.3) is 17.4 Å². The maximum absolute atomic E-state index is 12.6. The zero-order chi connectivity index (χ0) is 18.8. The number of benzene rings is 1. The van der Waals surface area contributed by atoms with Gasteiger partial charge in [0.15, 0.2) is 5.69 Å². The standard InChI is InChI=1S/C17H15ClN4O3S/c1-9(2)22-17(25)11-6-4-3-5-10(11)14(21-22)16(24)20-19-15(23)12-7-8-13(18)26-12/h3-9H,1-2H3,(H,19,23)(H,20,24). The van der Waals surface area contributed by atoms with Crippen molar-refractivity contribution in [2.24, 2.45) is 0 Å². The number of rotatable bonds is 3. The summed E-state index contributed by atoms with van der Waals surface area (Å²) in [6, 6.07) is 9.65. The molecule has 0 aliphatic rings. The summed E-state index contributed by atoms with van der Waals surface area (Å²) in [7, 11) is 0. The van der Waals surface area contributed by atoms with Crippen molar-refractivity contribution in [1.29, 1.82) is 0 Å². The van der Waals surface area contributed by atoms with E-state index in [1.165, 1.54) is 4.68 Å². The Morgan fingerprint density at radius 1 is 1.08 bits per heavy atom. The molecule has 0 atom stereocenters. The third-order valence-electron chi connectivity index (χ3n) is 3.62. The van der Waals surface area contributed by atoms with E-state index in [0.29, 0.717) is 20.0 Å². The van der Waals surface area contributed by atoms with E-state index < -0.39 is 11.8 Å². The number of hydrogen-bond acceptors (Lipinski definition) is 5. The van der Waals surface area contributed by atoms with Crippen LogP contribution in [0.15, 0.2) is 41.2 Å². The fraction of sp³-hybridized carbons (Fsp3) is 0.176. The van der Waals surface area contributed by atoms with Gasteiger partial charge in [-0.3, -0.25) is 25.2 Å². The zero-order valence-electron chi connectivity index (χ0n) is 13.9. The molecule has 7 nitrogen and oxygen atoms in total. The predicted molar refractivity (Wildman–Crippen MR) is 101 cm³/mol. The molecule has 9 heteroatoms. The first-order valence-corrected chi connectivity index (χ1v) is 8.95. The van der Waals surface area contributed by atoms with Crippen molar-refractivity contribution >= 4 is 45.5 Å². The number of halogens is 1. The minimum absolute atomic E-state index is 0.0541. The molecule has 0 saturated heterocycles. The van der Waals surface area contributed by atoms with Crippen LogP contribution in [0.25, 0.3) is 10.8 Å². The Bertz CT molecular complexity index is 1060. The molecule has 26 heavy (non-hydrogen) atoms. The van der Waals surface area contributed by atoms with Crippen LogP contribution in [-0.2, 0) is 0 Å². The molecule has 0 saturated carbocycles. The van der Waals surface area contributed by atoms with Gasteiger partial charge in [-0.1, -0.05) is 29.8 Å². The van der Waals surface area contributed by atoms with E-state index in [-0.39, 0.29) is 17.3 Å². The van der Waals surface area contributed by atoms with E-state index >= 15 is 0 Å². The van der Waals surface area contributed by atoms with Gasteiger partial charge in [-0.2, -0.15) is 5.10 Å². The third-order valence-corrected chi connectivity index (χ3v) is 4.85. The lowest BCUT2D eigenvalue weighted by molar-refractivity contribution is 0.0845. The zero-order valence-corrected chi connectivity index (χ0v) is 15.5. The average molecular weight is 391 g/mol. The number of carbonyl (C=O) groups is 2. The van der Waals surface area contributed by atoms with Crippen LogP contribution in [0.3, 0.4) is 0 Å². The van der Waals surface area contributed by atoms with Crippen LogP contribution >= 0.6 is 22.9 Å². The molecule has 3 rings (SSSR count). The number of hydrogen-bond donors (Lipinski definition) is 2. The van der Waals surface area contributed by atoms with E-state index in [9.17, 15) is 14.4 Å². The fourth-order valence-electron chi connectivity index (χ4n) is 2.39. The van der Waals surface area contributed by atoms with Crippen LogP contribution in [0.5, 0.6) is 0 Å². The molecule has 0 fully saturated rings. The van der Waals surface area contributed by atoms with E-state index in [1.807, 2.05) is 0 Å². The fourth-order valence-corrected chi connectivity index (χ4v) is 3.33. The lowest BCUT2D eigenvalue weighted by Crippen LogP contribution is -2.42. The third kappa shape index (κ3) is 3.47. The van der Waals surface area contributed by atoms with Gasteiger partial charge in [0.05, 0.1) is 20.6 Å². The van der Waals surface area contributed by atoms with Gasteiger partial charge >= 0.3 is 0 Å². The summed E-state index contributed by atoms with van der Waals surface area (Å²) in [6.07, 6.45) is 0. The Kier molecular flexibility index (Phi) is 5.06. The summed E-state index contributed by atoms with van der Waals surface area (Å²) in [4.78, 5) is 37.4. The molecule has 0 radical (unpaired) electrons. The lowest BCUT2D eigenvalue weighted by atomic mass is 10.1. The Balaban J connectivity index is 1.91. The Morgan fingerprint density at radius 3 is 2.35 bits per heavy atom. The van der Waals surface area contributed by atoms with Gasteiger partial charge in [0, 0.05) is 5.39 Å². The first-order valence-electron chi connectivity index (χ1n) is 7.76. The summed E-state index contributed by atoms with van der Waals surface area (Å²) < 4.78 is 1.72. The van der Waals surface area contributed by atoms with Crippen molar-refractivity contribution in [1.82, 2.24) is 20.6 Å². The molecular formula is C17H15ClN4O3S. The molecule has 3 aromatic rings. The van der Waals surface area contributed by atoms with Crippen LogP contribution in [0.1, 0.15) is 40.0 Å². The van der Waals surface area contributed by atoms with Crippen LogP contribution in [0.4, 0.5) is 0 Å². The van der Waals surface area contributed by atoms with Crippen molar-refractivity contribution in [2.75, 3.05) is 0 Å². The first kappa shape index (κ1) is 18.1. The van der Waals surface area contributed by atoms with Gasteiger partial charge in [-0.05, 0) is 32.0 Å². The van der Waals surface area contributed by atoms with Crippen LogP contribution in [0.2, 0.25) is 4.34 Å². The van der Waals surface area contributed by atoms with E-state index in [0.717, 1.165) is 11.3 Å². The van der Waals surface area contributed by atoms with Crippen molar-refractivity contribution < 1.29 is 9.59 Å². The normalized spacial score (nSPS) is 10.9. The molecule has 1 aromatic carbocycles. The molecular weight excluding hydrogens is 376 g/mol. The van der Waals surface area contributed by atoms with Crippen LogP contribution in [0, 0.1) is 0 Å². The van der Waals surface area contributed by atoms with Crippen molar-refractivity contribution in [2.45, 2.75) is 19.9 Å². The predicted octanol–water partition coefficient (Wildman–Crippen LogP) is 2.77. The quantitative estimate of drug-likeness (QED) is 0.672. The molecule has 0 spiro atoms. The maximum Gasteiger partial charge on any atom is 0.290 e. The topological polar surface area (TPSA) is 93.1 Å². The number of nitrogens with one attached hydrogen (secondary N) is 2. The van der Waals surface area contributed by atoms with Crippen molar-refractivity contribution in [3.8, 4) is 0 Å². The van der Waals surface area contributed by atoms with E-state index in [2.05, 4.69) is 16.0 Å². The second kappa shape index (κ2) is 7.27. The first-order chi connectivity index (χ1) is 12.4. The maximum atomic E-state index is 12.6. The summed E-state index contributed by atoms with van der Waals surface area (Å²) in [5.41, 5.74) is 4.44. The van der Waals surface area contributed by atoms with Crippen molar-refractivity contribution in [3.05, 3.63) is 61.7 Å². The molecule has 134 valence electrons. The number of thiophene rings is 1. The number of aromatic nitrogens is 2. The van der Waals surface area contributed by atoms with Crippen LogP contribution < -0.4 is 16.4 Å². The highest BCUT2D eigenvalue weighted by molar-refractivity contribution is 7.17. The number of hydrazine groups is 1. The van der Waals surface area contributed by atoms with Crippen molar-refractivity contribution in [3.63, 3.8) is 0 Å². The summed E-state index contributed by atoms with van der Waals surface area (Å²) in [6.45, 7) is 3.60. The lowest BCUT2D eigenvalue weighted by Gasteiger charge is -2.13. The van der Waals surface area contributed by atoms with Gasteiger partial charge in [-0.15, -0.1) is 11.3 Å². The molecule has 0 unspecified atom stereocenters. The molecule has 0 aliphatic carbocycles. The Morgan fingerprint density at radius 2 is 1.73 bits per heavy atom. The summed E-state index contributed by atoms with van der Waals surface area (Å²) in [5, 5.41) is 4.98. The second-order valence-electron chi connectivity index (χ2n) is 5.75. The van der Waals surface area contributed by atoms with E-state index in [1.54, 1.807) is 50.2 Å². The van der Waals surface area contributed by atoms with Gasteiger partial charge in [0.1, 0.15) is 0 Å². The largest absolute Gasteiger partial charge is 0.290 e. The second-order valence-corrected chi connectivity index (χ2v) is 7.46. The Hall–Kier alpha value is -2.71. The highest BCUT2D eigenvalue weighted by Gasteiger charge is 2.18. The minimum Gasteiger partial charge on any atom is -0.267 e. The van der Waals surface area contributed by atoms with Gasteiger partial charge < -0.3 is 0 Å². The minimum atomic E-state index is -0.619. The monoisotopic (exact) mass is 390 g/mol. The molecule has 2 aromatic heterocycles. The molecule has 0 aliphatic heterocycles. The van der Waals surface area contributed by atoms with Gasteiger partial charge in [0.2, 0.25) is 0 Å². The molecule has 2 amide bonds. The van der Waals surface area contributed by atoms with E-state index in [4.69, 9.17) is 11.6 Å². The van der Waals surface area contributed by atoms with Crippen LogP contribution in [-0.4, -0.2) is 21.6 Å². The summed E-state index contributed by atoms with van der Waals surface area (Å²) in [5.74, 6) is -1.11. The summed E-state index contributed by atoms with van der Waals surface area (Å²) >= 11 is 6.89. The SMILES string of the molecule is CC(C)n1nc(C(=O)NNC(=O)c2ccc(Cl)s2)c2ccccc2c1=O. The number of nitrogens with zero attached hydrogens (tertiary/aromatic N) is 2. The smallest absolute Gasteiger partial charge is 0.267 e. The molecule has 2 N–H and O–H groups in total. The molecule has 0 bridgehead atoms. The number of carbonyl (C=O) groups excluding carboxylic acids is 2. The number of fused-ring (bicyclic) bond motifs is 1.